The van der Waals surface area contributed by atoms with E-state index in [4.69, 9.17) is 0 Å². The molecule has 1 unspecified atom stereocenters. The van der Waals surface area contributed by atoms with E-state index < -0.39 is 11.7 Å². The molecular weight excluding hydrogens is 295 g/mol. The van der Waals surface area contributed by atoms with Crippen molar-refractivity contribution in [3.05, 3.63) is 29.8 Å². The summed E-state index contributed by atoms with van der Waals surface area (Å²) in [6, 6.07) is 5.23. The van der Waals surface area contributed by atoms with Crippen molar-refractivity contribution in [3.8, 4) is 0 Å². The number of hydrogen-bond acceptors (Lipinski definition) is 1. The van der Waals surface area contributed by atoms with Gasteiger partial charge in [-0.25, -0.2) is 0 Å². The number of hydrogen-bond donors (Lipinski definition) is 0. The zero-order chi connectivity index (χ0) is 13.1. The molecule has 0 heterocycles. The van der Waals surface area contributed by atoms with E-state index in [0.717, 1.165) is 30.8 Å². The summed E-state index contributed by atoms with van der Waals surface area (Å²) >= 11 is 3.44. The van der Waals surface area contributed by atoms with Gasteiger partial charge in [-0.05, 0) is 30.7 Å². The molecule has 0 aliphatic heterocycles. The van der Waals surface area contributed by atoms with Crippen LogP contribution < -0.4 is 4.90 Å². The second kappa shape index (κ2) is 5.76. The van der Waals surface area contributed by atoms with Gasteiger partial charge in [0.1, 0.15) is 0 Å². The summed E-state index contributed by atoms with van der Waals surface area (Å²) in [5.74, 6) is 0. The van der Waals surface area contributed by atoms with E-state index in [1.54, 1.807) is 0 Å². The summed E-state index contributed by atoms with van der Waals surface area (Å²) in [7, 11) is 1.87. The average molecular weight is 310 g/mol. The molecular formula is C12H15BrF3N. The third-order valence-corrected chi connectivity index (χ3v) is 2.96. The fourth-order valence-corrected chi connectivity index (χ4v) is 1.61. The summed E-state index contributed by atoms with van der Waals surface area (Å²) in [4.78, 5) is 2.34. The quantitative estimate of drug-likeness (QED) is 0.749. The minimum Gasteiger partial charge on any atom is -0.375 e. The van der Waals surface area contributed by atoms with Crippen LogP contribution in [0.25, 0.3) is 0 Å². The fraction of sp³-hybridized carbons (Fsp3) is 0.500. The zero-order valence-electron chi connectivity index (χ0n) is 9.76. The Bertz CT molecular complexity index is 346. The smallest absolute Gasteiger partial charge is 0.375 e. The summed E-state index contributed by atoms with van der Waals surface area (Å²) in [6.45, 7) is 2.85. The van der Waals surface area contributed by atoms with Gasteiger partial charge < -0.3 is 4.90 Å². The molecule has 17 heavy (non-hydrogen) atoms. The maximum Gasteiger partial charge on any atom is 0.416 e. The van der Waals surface area contributed by atoms with Crippen LogP contribution in [-0.2, 0) is 6.18 Å². The molecule has 0 fully saturated rings. The second-order valence-electron chi connectivity index (χ2n) is 4.04. The lowest BCUT2D eigenvalue weighted by Gasteiger charge is -2.20. The molecule has 1 nitrogen and oxygen atoms in total. The monoisotopic (exact) mass is 309 g/mol. The second-order valence-corrected chi connectivity index (χ2v) is 5.60. The third kappa shape index (κ3) is 4.58. The van der Waals surface area contributed by atoms with Crippen molar-refractivity contribution in [2.75, 3.05) is 18.5 Å². The predicted molar refractivity (Wildman–Crippen MR) is 67.7 cm³/mol. The molecule has 0 N–H and O–H groups in total. The molecule has 5 heteroatoms. The summed E-state index contributed by atoms with van der Waals surface area (Å²) in [5.41, 5.74) is 0.189. The van der Waals surface area contributed by atoms with Gasteiger partial charge in [-0.2, -0.15) is 13.2 Å². The van der Waals surface area contributed by atoms with Gasteiger partial charge in [-0.1, -0.05) is 22.9 Å². The topological polar surface area (TPSA) is 3.24 Å². The Labute approximate surface area is 108 Å². The minimum absolute atomic E-state index is 0.402. The Morgan fingerprint density at radius 3 is 2.18 bits per heavy atom. The highest BCUT2D eigenvalue weighted by Crippen LogP contribution is 2.30. The molecule has 1 atom stereocenters. The van der Waals surface area contributed by atoms with Crippen LogP contribution in [0.2, 0.25) is 0 Å². The van der Waals surface area contributed by atoms with Crippen molar-refractivity contribution in [1.29, 1.82) is 0 Å². The first-order valence-electron chi connectivity index (χ1n) is 5.33. The first-order chi connectivity index (χ1) is 7.80. The number of alkyl halides is 4. The number of nitrogens with zero attached hydrogens (tertiary/aromatic N) is 1. The lowest BCUT2D eigenvalue weighted by Crippen LogP contribution is -2.20. The van der Waals surface area contributed by atoms with Gasteiger partial charge in [-0.15, -0.1) is 0 Å². The molecule has 1 rings (SSSR count). The number of anilines is 1. The maximum absolute atomic E-state index is 12.4. The van der Waals surface area contributed by atoms with Gasteiger partial charge in [0, 0.05) is 24.1 Å². The molecule has 1 aromatic rings. The van der Waals surface area contributed by atoms with Crippen molar-refractivity contribution in [3.63, 3.8) is 0 Å². The zero-order valence-corrected chi connectivity index (χ0v) is 11.3. The average Bonchev–Trinajstić information content (AvgIpc) is 2.25. The summed E-state index contributed by atoms with van der Waals surface area (Å²) in [6.07, 6.45) is -3.32. The first-order valence-corrected chi connectivity index (χ1v) is 6.24. The van der Waals surface area contributed by atoms with Crippen LogP contribution in [0.1, 0.15) is 18.9 Å². The normalized spacial score (nSPS) is 13.5. The van der Waals surface area contributed by atoms with E-state index in [1.165, 1.54) is 12.1 Å². The van der Waals surface area contributed by atoms with Crippen LogP contribution in [0.4, 0.5) is 18.9 Å². The molecule has 0 saturated heterocycles. The van der Waals surface area contributed by atoms with Gasteiger partial charge in [0.25, 0.3) is 0 Å². The molecule has 1 aromatic carbocycles. The van der Waals surface area contributed by atoms with Gasteiger partial charge in [0.2, 0.25) is 0 Å². The molecule has 0 aliphatic carbocycles. The van der Waals surface area contributed by atoms with E-state index in [-0.39, 0.29) is 0 Å². The standard InChI is InChI=1S/C12H15BrF3N/c1-9(13)7-8-17(2)11-5-3-10(4-6-11)12(14,15)16/h3-6,9H,7-8H2,1-2H3. The van der Waals surface area contributed by atoms with Crippen LogP contribution in [0.3, 0.4) is 0 Å². The van der Waals surface area contributed by atoms with Crippen molar-refractivity contribution >= 4 is 21.6 Å². The van der Waals surface area contributed by atoms with Gasteiger partial charge in [0.15, 0.2) is 0 Å². The van der Waals surface area contributed by atoms with E-state index in [2.05, 4.69) is 15.9 Å². The van der Waals surface area contributed by atoms with Gasteiger partial charge >= 0.3 is 6.18 Å². The van der Waals surface area contributed by atoms with Crippen LogP contribution in [0, 0.1) is 0 Å². The summed E-state index contributed by atoms with van der Waals surface area (Å²) < 4.78 is 37.1. The molecule has 0 bridgehead atoms. The lowest BCUT2D eigenvalue weighted by molar-refractivity contribution is -0.137. The maximum atomic E-state index is 12.4. The van der Waals surface area contributed by atoms with E-state index in [0.29, 0.717) is 4.83 Å². The largest absolute Gasteiger partial charge is 0.416 e. The molecule has 0 radical (unpaired) electrons. The Hall–Kier alpha value is -0.710. The molecule has 0 amide bonds. The SMILES string of the molecule is CC(Br)CCN(C)c1ccc(C(F)(F)F)cc1. The van der Waals surface area contributed by atoms with Crippen LogP contribution >= 0.6 is 15.9 Å². The minimum atomic E-state index is -4.26. The van der Waals surface area contributed by atoms with Crippen molar-refractivity contribution in [2.24, 2.45) is 0 Å². The van der Waals surface area contributed by atoms with Crippen LogP contribution in [-0.4, -0.2) is 18.4 Å². The molecule has 0 saturated carbocycles. The first kappa shape index (κ1) is 14.4. The molecule has 0 aliphatic rings. The highest BCUT2D eigenvalue weighted by Gasteiger charge is 2.30. The molecule has 96 valence electrons. The molecule has 0 aromatic heterocycles. The van der Waals surface area contributed by atoms with E-state index in [1.807, 2.05) is 18.9 Å². The number of benzene rings is 1. The van der Waals surface area contributed by atoms with Crippen molar-refractivity contribution in [2.45, 2.75) is 24.3 Å². The van der Waals surface area contributed by atoms with Gasteiger partial charge in [0.05, 0.1) is 5.56 Å². The van der Waals surface area contributed by atoms with Crippen molar-refractivity contribution in [1.82, 2.24) is 0 Å². The number of rotatable bonds is 4. The highest BCUT2D eigenvalue weighted by atomic mass is 79.9. The fourth-order valence-electron chi connectivity index (χ4n) is 1.41. The predicted octanol–water partition coefficient (Wildman–Crippen LogP) is 4.32. The van der Waals surface area contributed by atoms with Crippen LogP contribution in [0.5, 0.6) is 0 Å². The highest BCUT2D eigenvalue weighted by molar-refractivity contribution is 9.09. The van der Waals surface area contributed by atoms with E-state index in [9.17, 15) is 13.2 Å². The Kier molecular flexibility index (Phi) is 4.86. The van der Waals surface area contributed by atoms with Gasteiger partial charge in [-0.3, -0.25) is 0 Å². The lowest BCUT2D eigenvalue weighted by atomic mass is 10.2. The van der Waals surface area contributed by atoms with Crippen molar-refractivity contribution < 1.29 is 13.2 Å². The third-order valence-electron chi connectivity index (χ3n) is 2.50. The Morgan fingerprint density at radius 1 is 1.24 bits per heavy atom. The Balaban J connectivity index is 2.67. The number of halogens is 4. The summed E-state index contributed by atoms with van der Waals surface area (Å²) in [5, 5.41) is 0. The van der Waals surface area contributed by atoms with Crippen LogP contribution in [0.15, 0.2) is 24.3 Å². The van der Waals surface area contributed by atoms with E-state index >= 15 is 0 Å². The Morgan fingerprint density at radius 2 is 1.76 bits per heavy atom. The molecule has 0 spiro atoms.